The van der Waals surface area contributed by atoms with E-state index in [9.17, 15) is 0 Å². The zero-order valence-corrected chi connectivity index (χ0v) is 16.4. The zero-order chi connectivity index (χ0) is 16.6. The Hall–Kier alpha value is -0.950. The molecule has 2 atom stereocenters. The van der Waals surface area contributed by atoms with Crippen LogP contribution in [0.25, 0.3) is 0 Å². The number of hydrogen-bond acceptors (Lipinski definition) is 4. The highest BCUT2D eigenvalue weighted by atomic mass is 79.9. The normalized spacial score (nSPS) is 27.2. The van der Waals surface area contributed by atoms with Gasteiger partial charge in [0.2, 0.25) is 0 Å². The summed E-state index contributed by atoms with van der Waals surface area (Å²) >= 11 is 4.50. The van der Waals surface area contributed by atoms with E-state index in [4.69, 9.17) is 10.7 Å². The summed E-state index contributed by atoms with van der Waals surface area (Å²) in [4.78, 5) is 0. The molecule has 6 heteroatoms. The number of nitrogens with zero attached hydrogens (tertiary/aromatic N) is 2. The third kappa shape index (κ3) is 3.05. The number of nitriles is 1. The molecular formula is C17H17BrN3PS. The maximum atomic E-state index is 8.95. The van der Waals surface area contributed by atoms with Gasteiger partial charge in [0.25, 0.3) is 0 Å². The van der Waals surface area contributed by atoms with Crippen LogP contribution in [0.15, 0.2) is 38.0 Å². The first-order chi connectivity index (χ1) is 11.0. The Bertz CT molecular complexity index is 790. The van der Waals surface area contributed by atoms with Crippen LogP contribution < -0.4 is 0 Å². The molecule has 2 aliphatic rings. The molecule has 1 fully saturated rings. The predicted octanol–water partition coefficient (Wildman–Crippen LogP) is 5.26. The van der Waals surface area contributed by atoms with Crippen molar-refractivity contribution in [3.63, 3.8) is 0 Å². The average Bonchev–Trinajstić information content (AvgIpc) is 2.80. The highest BCUT2D eigenvalue weighted by molar-refractivity contribution is 9.10. The molecule has 0 radical (unpaired) electrons. The summed E-state index contributed by atoms with van der Waals surface area (Å²) in [5.41, 5.74) is 5.26. The molecule has 23 heavy (non-hydrogen) atoms. The largest absolute Gasteiger partial charge is 0.305 e. The van der Waals surface area contributed by atoms with Crippen molar-refractivity contribution in [2.75, 3.05) is 0 Å². The van der Waals surface area contributed by atoms with Gasteiger partial charge in [0, 0.05) is 21.2 Å². The maximum absolute atomic E-state index is 8.95. The van der Waals surface area contributed by atoms with Crippen molar-refractivity contribution >= 4 is 48.5 Å². The van der Waals surface area contributed by atoms with E-state index in [1.54, 1.807) is 0 Å². The summed E-state index contributed by atoms with van der Waals surface area (Å²) in [6.45, 7) is 2.05. The van der Waals surface area contributed by atoms with Crippen LogP contribution in [0.4, 0.5) is 0 Å². The Balaban J connectivity index is 2.11. The van der Waals surface area contributed by atoms with Crippen LogP contribution in [-0.4, -0.2) is 11.4 Å². The second-order valence-electron chi connectivity index (χ2n) is 6.20. The molecule has 0 amide bonds. The summed E-state index contributed by atoms with van der Waals surface area (Å²) in [6.07, 6.45) is 3.46. The molecule has 3 rings (SSSR count). The minimum atomic E-state index is -0.0787. The first-order valence-electron chi connectivity index (χ1n) is 7.42. The lowest BCUT2D eigenvalue weighted by Gasteiger charge is -2.36. The van der Waals surface area contributed by atoms with Gasteiger partial charge >= 0.3 is 0 Å². The van der Waals surface area contributed by atoms with Crippen molar-refractivity contribution in [3.8, 4) is 5.40 Å². The molecule has 2 unspecified atom stereocenters. The van der Waals surface area contributed by atoms with Gasteiger partial charge in [-0.05, 0) is 55.9 Å². The maximum Gasteiger partial charge on any atom is 0.157 e. The van der Waals surface area contributed by atoms with Crippen molar-refractivity contribution in [2.45, 2.75) is 32.6 Å². The highest BCUT2D eigenvalue weighted by Gasteiger charge is 2.46. The summed E-state index contributed by atoms with van der Waals surface area (Å²) < 4.78 is 5.60. The Morgan fingerprint density at radius 1 is 1.48 bits per heavy atom. The third-order valence-corrected chi connectivity index (χ3v) is 5.94. The fourth-order valence-electron chi connectivity index (χ4n) is 3.65. The third-order valence-electron chi connectivity index (χ3n) is 4.74. The van der Waals surface area contributed by atoms with Crippen molar-refractivity contribution in [1.82, 2.24) is 0 Å². The Morgan fingerprint density at radius 2 is 2.26 bits per heavy atom. The van der Waals surface area contributed by atoms with Gasteiger partial charge in [-0.15, -0.1) is 9.24 Å². The lowest BCUT2D eigenvalue weighted by molar-refractivity contribution is 0.389. The van der Waals surface area contributed by atoms with E-state index in [0.717, 1.165) is 70.0 Å². The molecule has 0 heterocycles. The monoisotopic (exact) mass is 405 g/mol. The van der Waals surface area contributed by atoms with Gasteiger partial charge in [-0.1, -0.05) is 27.3 Å². The second-order valence-corrected chi connectivity index (χ2v) is 8.53. The number of fused-ring (bicyclic) bond motifs is 1. The minimum Gasteiger partial charge on any atom is -0.305 e. The standard InChI is InChI=1S/C17H17BrN3PS/c1-10(22)14-8-17(5-4-15(14)20)7-11-2-3-12(18)6-13(11)16(17)21-23-9-19/h2-3,6,20H,4-5,7-8,22H2,1H3/b14-10-,20-15?,21-16+. The van der Waals surface area contributed by atoms with Gasteiger partial charge in [0.05, 0.1) is 17.7 Å². The van der Waals surface area contributed by atoms with Crippen molar-refractivity contribution in [1.29, 1.82) is 10.7 Å². The molecular weight excluding hydrogens is 389 g/mol. The van der Waals surface area contributed by atoms with Crippen LogP contribution in [0.1, 0.15) is 37.3 Å². The van der Waals surface area contributed by atoms with Crippen LogP contribution in [0.5, 0.6) is 0 Å². The van der Waals surface area contributed by atoms with Gasteiger partial charge in [0.1, 0.15) is 0 Å². The minimum absolute atomic E-state index is 0.0787. The first kappa shape index (κ1) is 16.9. The smallest absolute Gasteiger partial charge is 0.157 e. The highest BCUT2D eigenvalue weighted by Crippen LogP contribution is 2.50. The number of thiocyanates is 1. The van der Waals surface area contributed by atoms with E-state index in [1.165, 1.54) is 5.56 Å². The Kier molecular flexibility index (Phi) is 4.78. The summed E-state index contributed by atoms with van der Waals surface area (Å²) in [6, 6.07) is 6.32. The number of nitrogens with one attached hydrogen (secondary N) is 1. The predicted molar refractivity (Wildman–Crippen MR) is 104 cm³/mol. The zero-order valence-electron chi connectivity index (χ0n) is 12.8. The fraction of sp³-hybridized carbons (Fsp3) is 0.353. The van der Waals surface area contributed by atoms with Crippen LogP contribution in [0, 0.1) is 21.5 Å². The molecule has 1 aromatic carbocycles. The summed E-state index contributed by atoms with van der Waals surface area (Å²) in [7, 11) is 2.74. The van der Waals surface area contributed by atoms with E-state index < -0.39 is 0 Å². The molecule has 0 saturated heterocycles. The lowest BCUT2D eigenvalue weighted by atomic mass is 9.68. The number of rotatable bonds is 1. The molecule has 1 N–H and O–H groups in total. The average molecular weight is 406 g/mol. The molecule has 3 nitrogen and oxygen atoms in total. The Morgan fingerprint density at radius 3 is 2.96 bits per heavy atom. The van der Waals surface area contributed by atoms with Gasteiger partial charge in [-0.3, -0.25) is 0 Å². The van der Waals surface area contributed by atoms with Gasteiger partial charge in [-0.25, -0.2) is 4.40 Å². The molecule has 0 aliphatic heterocycles. The van der Waals surface area contributed by atoms with E-state index >= 15 is 0 Å². The van der Waals surface area contributed by atoms with Crippen molar-refractivity contribution in [3.05, 3.63) is 44.7 Å². The van der Waals surface area contributed by atoms with E-state index in [0.29, 0.717) is 0 Å². The number of benzene rings is 1. The first-order valence-corrected chi connectivity index (χ1v) is 9.56. The Labute approximate surface area is 151 Å². The van der Waals surface area contributed by atoms with Gasteiger partial charge in [-0.2, -0.15) is 5.26 Å². The SMILES string of the molecule is C/C(P)=C1\CC2(CCC1=N)Cc1ccc(Br)cc1/C2=N\SC#N. The van der Waals surface area contributed by atoms with Crippen molar-refractivity contribution < 1.29 is 0 Å². The molecule has 1 saturated carbocycles. The van der Waals surface area contributed by atoms with E-state index in [-0.39, 0.29) is 5.41 Å². The lowest BCUT2D eigenvalue weighted by Crippen LogP contribution is -2.35. The molecule has 2 aliphatic carbocycles. The van der Waals surface area contributed by atoms with Crippen molar-refractivity contribution in [2.24, 2.45) is 9.81 Å². The molecule has 118 valence electrons. The quantitative estimate of drug-likeness (QED) is 0.393. The molecule has 0 aromatic heterocycles. The number of hydrogen-bond donors (Lipinski definition) is 1. The van der Waals surface area contributed by atoms with Gasteiger partial charge < -0.3 is 5.41 Å². The fourth-order valence-corrected chi connectivity index (χ4v) is 4.71. The number of halogens is 1. The van der Waals surface area contributed by atoms with Crippen LogP contribution in [-0.2, 0) is 6.42 Å². The molecule has 1 spiro atoms. The molecule has 0 bridgehead atoms. The molecule has 1 aromatic rings. The van der Waals surface area contributed by atoms with E-state index in [1.807, 2.05) is 6.92 Å². The van der Waals surface area contributed by atoms with Crippen LogP contribution in [0.3, 0.4) is 0 Å². The van der Waals surface area contributed by atoms with E-state index in [2.05, 4.69) is 53.2 Å². The van der Waals surface area contributed by atoms with Crippen LogP contribution in [0.2, 0.25) is 0 Å². The topological polar surface area (TPSA) is 60.0 Å². The number of allylic oxidation sites excluding steroid dienone is 2. The van der Waals surface area contributed by atoms with Gasteiger partial charge in [0.15, 0.2) is 5.40 Å². The second kappa shape index (κ2) is 6.51. The summed E-state index contributed by atoms with van der Waals surface area (Å²) in [5.74, 6) is 0. The summed E-state index contributed by atoms with van der Waals surface area (Å²) in [5, 5.41) is 20.4. The van der Waals surface area contributed by atoms with Crippen LogP contribution >= 0.6 is 37.1 Å².